The molecule has 1 aromatic carbocycles. The molecule has 0 aliphatic carbocycles. The molecule has 1 saturated heterocycles. The van der Waals surface area contributed by atoms with E-state index in [0.29, 0.717) is 5.75 Å². The number of aromatic nitrogens is 1. The van der Waals surface area contributed by atoms with Gasteiger partial charge >= 0.3 is 0 Å². The molecule has 0 atom stereocenters. The SMILES string of the molecule is O=S(=O)(c1cccc(F)c1)N1CC(Oc2cccnc2)C1. The summed E-state index contributed by atoms with van der Waals surface area (Å²) in [5.41, 5.74) is 0. The van der Waals surface area contributed by atoms with Gasteiger partial charge < -0.3 is 4.74 Å². The van der Waals surface area contributed by atoms with Crippen molar-refractivity contribution in [2.75, 3.05) is 13.1 Å². The number of hydrogen-bond donors (Lipinski definition) is 0. The third-order valence-electron chi connectivity index (χ3n) is 3.19. The van der Waals surface area contributed by atoms with Gasteiger partial charge in [-0.25, -0.2) is 12.8 Å². The van der Waals surface area contributed by atoms with Crippen molar-refractivity contribution in [2.45, 2.75) is 11.0 Å². The van der Waals surface area contributed by atoms with Crippen molar-refractivity contribution in [3.05, 3.63) is 54.6 Å². The van der Waals surface area contributed by atoms with Gasteiger partial charge in [-0.2, -0.15) is 4.31 Å². The predicted molar refractivity (Wildman–Crippen MR) is 73.8 cm³/mol. The summed E-state index contributed by atoms with van der Waals surface area (Å²) in [7, 11) is -3.65. The lowest BCUT2D eigenvalue weighted by molar-refractivity contribution is 0.0758. The van der Waals surface area contributed by atoms with Gasteiger partial charge in [-0.1, -0.05) is 6.07 Å². The normalized spacial score (nSPS) is 16.4. The van der Waals surface area contributed by atoms with Gasteiger partial charge in [-0.3, -0.25) is 4.98 Å². The molecule has 0 saturated carbocycles. The zero-order chi connectivity index (χ0) is 14.9. The average molecular weight is 308 g/mol. The van der Waals surface area contributed by atoms with Crippen LogP contribution in [-0.2, 0) is 10.0 Å². The highest BCUT2D eigenvalue weighted by Crippen LogP contribution is 2.24. The fourth-order valence-electron chi connectivity index (χ4n) is 2.06. The van der Waals surface area contributed by atoms with Crippen LogP contribution in [0.5, 0.6) is 5.75 Å². The Balaban J connectivity index is 1.65. The average Bonchev–Trinajstić information content (AvgIpc) is 2.43. The summed E-state index contributed by atoms with van der Waals surface area (Å²) in [6.07, 6.45) is 3.00. The fraction of sp³-hybridized carbons (Fsp3) is 0.214. The highest BCUT2D eigenvalue weighted by atomic mass is 32.2. The molecule has 110 valence electrons. The lowest BCUT2D eigenvalue weighted by Crippen LogP contribution is -2.55. The van der Waals surface area contributed by atoms with Gasteiger partial charge in [0.25, 0.3) is 0 Å². The number of halogens is 1. The molecule has 1 aromatic heterocycles. The predicted octanol–water partition coefficient (Wildman–Crippen LogP) is 1.67. The van der Waals surface area contributed by atoms with Crippen LogP contribution in [-0.4, -0.2) is 36.9 Å². The van der Waals surface area contributed by atoms with Crippen LogP contribution in [0.25, 0.3) is 0 Å². The van der Waals surface area contributed by atoms with Crippen LogP contribution in [0, 0.1) is 5.82 Å². The molecule has 0 N–H and O–H groups in total. The monoisotopic (exact) mass is 308 g/mol. The zero-order valence-electron chi connectivity index (χ0n) is 11.0. The summed E-state index contributed by atoms with van der Waals surface area (Å²) in [5.74, 6) is 0.0325. The summed E-state index contributed by atoms with van der Waals surface area (Å²) in [5, 5.41) is 0. The van der Waals surface area contributed by atoms with E-state index in [1.54, 1.807) is 24.5 Å². The smallest absolute Gasteiger partial charge is 0.243 e. The second-order valence-electron chi connectivity index (χ2n) is 4.71. The minimum absolute atomic E-state index is 0.0395. The second kappa shape index (κ2) is 5.42. The molecule has 0 radical (unpaired) electrons. The molecule has 1 fully saturated rings. The number of sulfonamides is 1. The van der Waals surface area contributed by atoms with Crippen molar-refractivity contribution in [3.63, 3.8) is 0 Å². The quantitative estimate of drug-likeness (QED) is 0.862. The summed E-state index contributed by atoms with van der Waals surface area (Å²) < 4.78 is 44.5. The van der Waals surface area contributed by atoms with Crippen LogP contribution in [0.2, 0.25) is 0 Å². The summed E-state index contributed by atoms with van der Waals surface area (Å²) >= 11 is 0. The van der Waals surface area contributed by atoms with Crippen LogP contribution < -0.4 is 4.74 Å². The molecule has 2 aromatic rings. The topological polar surface area (TPSA) is 59.5 Å². The molecule has 1 aliphatic rings. The molecular formula is C14H13FN2O3S. The molecule has 3 rings (SSSR count). The standard InChI is InChI=1S/C14H13FN2O3S/c15-11-3-1-5-14(7-11)21(18,19)17-9-13(10-17)20-12-4-2-6-16-8-12/h1-8,13H,9-10H2. The third kappa shape index (κ3) is 2.88. The minimum Gasteiger partial charge on any atom is -0.486 e. The van der Waals surface area contributed by atoms with Crippen LogP contribution in [0.3, 0.4) is 0 Å². The summed E-state index contributed by atoms with van der Waals surface area (Å²) in [6.45, 7) is 0.488. The first-order valence-corrected chi connectivity index (χ1v) is 7.82. The number of rotatable bonds is 4. The molecule has 0 amide bonds. The van der Waals surface area contributed by atoms with Crippen molar-refractivity contribution in [2.24, 2.45) is 0 Å². The first-order chi connectivity index (χ1) is 10.1. The maximum atomic E-state index is 13.1. The Kier molecular flexibility index (Phi) is 3.60. The Morgan fingerprint density at radius 1 is 1.24 bits per heavy atom. The largest absolute Gasteiger partial charge is 0.486 e. The first kappa shape index (κ1) is 14.0. The summed E-state index contributed by atoms with van der Waals surface area (Å²) in [4.78, 5) is 3.88. The Hall–Kier alpha value is -1.99. The van der Waals surface area contributed by atoms with E-state index in [1.165, 1.54) is 22.5 Å². The van der Waals surface area contributed by atoms with Crippen LogP contribution in [0.15, 0.2) is 53.7 Å². The molecule has 0 bridgehead atoms. The second-order valence-corrected chi connectivity index (χ2v) is 6.65. The van der Waals surface area contributed by atoms with E-state index >= 15 is 0 Å². The number of benzene rings is 1. The van der Waals surface area contributed by atoms with Crippen molar-refractivity contribution < 1.29 is 17.5 Å². The van der Waals surface area contributed by atoms with Gasteiger partial charge in [0, 0.05) is 6.20 Å². The molecule has 21 heavy (non-hydrogen) atoms. The third-order valence-corrected chi connectivity index (χ3v) is 5.01. The lowest BCUT2D eigenvalue weighted by atomic mass is 10.2. The van der Waals surface area contributed by atoms with E-state index in [9.17, 15) is 12.8 Å². The van der Waals surface area contributed by atoms with Gasteiger partial charge in [-0.15, -0.1) is 0 Å². The van der Waals surface area contributed by atoms with Crippen LogP contribution >= 0.6 is 0 Å². The van der Waals surface area contributed by atoms with Gasteiger partial charge in [-0.05, 0) is 30.3 Å². The van der Waals surface area contributed by atoms with Crippen molar-refractivity contribution in [1.29, 1.82) is 0 Å². The van der Waals surface area contributed by atoms with E-state index < -0.39 is 15.8 Å². The van der Waals surface area contributed by atoms with Crippen molar-refractivity contribution in [1.82, 2.24) is 9.29 Å². The highest BCUT2D eigenvalue weighted by molar-refractivity contribution is 7.89. The molecular weight excluding hydrogens is 295 g/mol. The molecule has 7 heteroatoms. The lowest BCUT2D eigenvalue weighted by Gasteiger charge is -2.37. The summed E-state index contributed by atoms with van der Waals surface area (Å²) in [6, 6.07) is 8.50. The minimum atomic E-state index is -3.65. The Bertz CT molecular complexity index is 731. The van der Waals surface area contributed by atoms with E-state index in [4.69, 9.17) is 4.74 Å². The number of ether oxygens (including phenoxy) is 1. The maximum Gasteiger partial charge on any atom is 0.243 e. The van der Waals surface area contributed by atoms with Crippen LogP contribution in [0.1, 0.15) is 0 Å². The van der Waals surface area contributed by atoms with Crippen molar-refractivity contribution in [3.8, 4) is 5.75 Å². The number of hydrogen-bond acceptors (Lipinski definition) is 4. The van der Waals surface area contributed by atoms with Crippen LogP contribution in [0.4, 0.5) is 4.39 Å². The van der Waals surface area contributed by atoms with Gasteiger partial charge in [0.1, 0.15) is 17.7 Å². The van der Waals surface area contributed by atoms with Gasteiger partial charge in [0.2, 0.25) is 10.0 Å². The zero-order valence-corrected chi connectivity index (χ0v) is 11.8. The van der Waals surface area contributed by atoms with Gasteiger partial charge in [0.05, 0.1) is 24.2 Å². The molecule has 5 nitrogen and oxygen atoms in total. The molecule has 0 spiro atoms. The maximum absolute atomic E-state index is 13.1. The fourth-order valence-corrected chi connectivity index (χ4v) is 3.59. The number of nitrogens with zero attached hydrogens (tertiary/aromatic N) is 2. The van der Waals surface area contributed by atoms with E-state index in [1.807, 2.05) is 0 Å². The van der Waals surface area contributed by atoms with E-state index in [2.05, 4.69) is 4.98 Å². The number of pyridine rings is 1. The van der Waals surface area contributed by atoms with E-state index in [-0.39, 0.29) is 24.1 Å². The first-order valence-electron chi connectivity index (χ1n) is 6.38. The molecule has 2 heterocycles. The van der Waals surface area contributed by atoms with Crippen molar-refractivity contribution >= 4 is 10.0 Å². The molecule has 1 aliphatic heterocycles. The molecule has 0 unspecified atom stereocenters. The Morgan fingerprint density at radius 3 is 2.71 bits per heavy atom. The Morgan fingerprint density at radius 2 is 2.05 bits per heavy atom. The van der Waals surface area contributed by atoms with Gasteiger partial charge in [0.15, 0.2) is 0 Å². The highest BCUT2D eigenvalue weighted by Gasteiger charge is 2.38. The van der Waals surface area contributed by atoms with E-state index in [0.717, 1.165) is 6.07 Å². The Labute approximate surface area is 122 Å².